The topological polar surface area (TPSA) is 97.7 Å². The lowest BCUT2D eigenvalue weighted by atomic mass is 9.87. The molecule has 2 saturated heterocycles. The van der Waals surface area contributed by atoms with Gasteiger partial charge >= 0.3 is 6.18 Å². The summed E-state index contributed by atoms with van der Waals surface area (Å²) in [5, 5.41) is 11.1. The molecule has 2 N–H and O–H groups in total. The Bertz CT molecular complexity index is 1370. The fraction of sp³-hybridized carbons (Fsp3) is 0.586. The molecule has 1 aromatic carbocycles. The molecule has 0 saturated carbocycles. The number of nitrogens with zero attached hydrogens (tertiary/aromatic N) is 5. The van der Waals surface area contributed by atoms with E-state index < -0.39 is 29.5 Å². The van der Waals surface area contributed by atoms with Crippen LogP contribution in [0.4, 0.5) is 40.6 Å². The Hall–Kier alpha value is -3.64. The van der Waals surface area contributed by atoms with E-state index in [2.05, 4.69) is 29.1 Å². The summed E-state index contributed by atoms with van der Waals surface area (Å²) < 4.78 is 61.2. The van der Waals surface area contributed by atoms with Crippen molar-refractivity contribution >= 4 is 34.9 Å². The van der Waals surface area contributed by atoms with Crippen molar-refractivity contribution in [3.8, 4) is 0 Å². The maximum atomic E-state index is 15.6. The van der Waals surface area contributed by atoms with Crippen molar-refractivity contribution in [2.24, 2.45) is 11.8 Å². The molecule has 13 heteroatoms. The second-order valence-corrected chi connectivity index (χ2v) is 12.2. The Labute approximate surface area is 242 Å². The van der Waals surface area contributed by atoms with Crippen molar-refractivity contribution in [3.05, 3.63) is 35.4 Å². The minimum Gasteiger partial charge on any atom is -0.457 e. The number of hydrogen-bond donors (Lipinski definition) is 2. The van der Waals surface area contributed by atoms with E-state index in [0.29, 0.717) is 41.0 Å². The maximum Gasteiger partial charge on any atom is 0.408 e. The van der Waals surface area contributed by atoms with Crippen molar-refractivity contribution in [1.82, 2.24) is 14.9 Å². The quantitative estimate of drug-likeness (QED) is 0.267. The van der Waals surface area contributed by atoms with Gasteiger partial charge in [-0.25, -0.2) is 14.4 Å². The van der Waals surface area contributed by atoms with Crippen LogP contribution in [0, 0.1) is 23.1 Å². The van der Waals surface area contributed by atoms with Gasteiger partial charge in [0.1, 0.15) is 23.5 Å². The predicted octanol–water partition coefficient (Wildman–Crippen LogP) is 5.57. The number of amidine groups is 1. The Morgan fingerprint density at radius 3 is 2.50 bits per heavy atom. The molecule has 0 aliphatic carbocycles. The number of carbonyl (C=O) groups excluding carboxylic acids is 1. The third-order valence-corrected chi connectivity index (χ3v) is 8.38. The zero-order chi connectivity index (χ0) is 30.6. The average molecular weight is 592 g/mol. The molecule has 3 aliphatic heterocycles. The van der Waals surface area contributed by atoms with Crippen LogP contribution in [0.1, 0.15) is 58.3 Å². The lowest BCUT2D eigenvalue weighted by Crippen LogP contribution is -2.45. The van der Waals surface area contributed by atoms with Gasteiger partial charge in [0.2, 0.25) is 5.91 Å². The first-order valence-electron chi connectivity index (χ1n) is 14.2. The number of carbonyl (C=O) groups is 1. The van der Waals surface area contributed by atoms with E-state index in [1.807, 2.05) is 4.90 Å². The van der Waals surface area contributed by atoms with Crippen molar-refractivity contribution in [1.29, 1.82) is 5.41 Å². The van der Waals surface area contributed by atoms with Crippen LogP contribution in [0.15, 0.2) is 18.2 Å². The summed E-state index contributed by atoms with van der Waals surface area (Å²) in [7, 11) is 1.63. The molecule has 42 heavy (non-hydrogen) atoms. The van der Waals surface area contributed by atoms with Gasteiger partial charge in [-0.2, -0.15) is 13.2 Å². The van der Waals surface area contributed by atoms with E-state index in [1.165, 1.54) is 11.0 Å². The third-order valence-electron chi connectivity index (χ3n) is 8.38. The van der Waals surface area contributed by atoms with E-state index >= 15 is 4.39 Å². The summed E-state index contributed by atoms with van der Waals surface area (Å²) >= 11 is 0. The molecule has 1 aromatic heterocycles. The molecule has 2 aromatic rings. The zero-order valence-electron chi connectivity index (χ0n) is 24.5. The van der Waals surface area contributed by atoms with Crippen LogP contribution in [0.3, 0.4) is 0 Å². The van der Waals surface area contributed by atoms with Gasteiger partial charge < -0.3 is 19.9 Å². The number of nitrogens with one attached hydrogen (secondary N) is 2. The number of likely N-dealkylation sites (tertiary alicyclic amines) is 1. The lowest BCUT2D eigenvalue weighted by Gasteiger charge is -2.37. The summed E-state index contributed by atoms with van der Waals surface area (Å²) in [6, 6.07) is 2.33. The third kappa shape index (κ3) is 5.33. The molecular formula is C29H37F4N7O2. The molecule has 3 aliphatic rings. The van der Waals surface area contributed by atoms with E-state index in [1.54, 1.807) is 33.0 Å². The highest BCUT2D eigenvalue weighted by Crippen LogP contribution is 2.47. The SMILES string of the molecule is CNc1nc(COC(=N)N2CCC[C@@H]2C(F)(F)F)nc2c1C(C)(C)C(=O)N2c1ccc(N2C[C@H](C)C[C@H](C)C2)c(F)c1. The number of halogens is 4. The van der Waals surface area contributed by atoms with Gasteiger partial charge in [0, 0.05) is 32.7 Å². The monoisotopic (exact) mass is 591 g/mol. The number of piperidine rings is 1. The molecule has 1 amide bonds. The minimum atomic E-state index is -4.47. The largest absolute Gasteiger partial charge is 0.457 e. The standard InChI is InChI=1S/C29H37F4N7O2/c1-16-11-17(2)14-38(13-16)20-9-8-18(12-19(20)30)40-25-23(28(3,4)26(40)41)24(35-5)36-22(37-25)15-42-27(34)39-10-6-7-21(39)29(31,32)33/h8-9,12,16-17,21,34H,6-7,10-11,13-15H2,1-5H3,(H,35,36,37)/t16-,17+,21-/m1/s1. The predicted molar refractivity (Wildman–Crippen MR) is 152 cm³/mol. The molecule has 0 unspecified atom stereocenters. The summed E-state index contributed by atoms with van der Waals surface area (Å²) in [4.78, 5) is 27.0. The summed E-state index contributed by atoms with van der Waals surface area (Å²) in [6.45, 7) is 8.93. The number of aromatic nitrogens is 2. The van der Waals surface area contributed by atoms with Crippen LogP contribution < -0.4 is 15.1 Å². The summed E-state index contributed by atoms with van der Waals surface area (Å²) in [5.41, 5.74) is 0.237. The van der Waals surface area contributed by atoms with Crippen molar-refractivity contribution < 1.29 is 27.1 Å². The first-order chi connectivity index (χ1) is 19.7. The first kappa shape index (κ1) is 29.8. The van der Waals surface area contributed by atoms with Crippen LogP contribution in [-0.2, 0) is 21.6 Å². The van der Waals surface area contributed by atoms with Crippen LogP contribution in [-0.4, -0.2) is 65.7 Å². The number of alkyl halides is 3. The molecule has 9 nitrogen and oxygen atoms in total. The molecule has 5 rings (SSSR count). The van der Waals surface area contributed by atoms with E-state index in [0.717, 1.165) is 24.4 Å². The highest BCUT2D eigenvalue weighted by molar-refractivity contribution is 6.12. The Kier molecular flexibility index (Phi) is 7.73. The lowest BCUT2D eigenvalue weighted by molar-refractivity contribution is -0.169. The van der Waals surface area contributed by atoms with Crippen molar-refractivity contribution in [3.63, 3.8) is 0 Å². The maximum absolute atomic E-state index is 15.6. The molecule has 0 bridgehead atoms. The van der Waals surface area contributed by atoms with Crippen molar-refractivity contribution in [2.45, 2.75) is 71.2 Å². The Balaban J connectivity index is 1.44. The van der Waals surface area contributed by atoms with E-state index in [-0.39, 0.29) is 37.1 Å². The molecule has 0 radical (unpaired) electrons. The molecule has 3 atom stereocenters. The van der Waals surface area contributed by atoms with Crippen molar-refractivity contribution in [2.75, 3.05) is 41.8 Å². The van der Waals surface area contributed by atoms with Gasteiger partial charge in [-0.15, -0.1) is 0 Å². The van der Waals surface area contributed by atoms with Crippen LogP contribution >= 0.6 is 0 Å². The van der Waals surface area contributed by atoms with Gasteiger partial charge in [0.05, 0.1) is 22.4 Å². The molecule has 2 fully saturated rings. The zero-order valence-corrected chi connectivity index (χ0v) is 24.5. The van der Waals surface area contributed by atoms with Gasteiger partial charge in [0.25, 0.3) is 6.02 Å². The number of ether oxygens (including phenoxy) is 1. The fourth-order valence-electron chi connectivity index (χ4n) is 6.52. The van der Waals surface area contributed by atoms with E-state index in [9.17, 15) is 18.0 Å². The Morgan fingerprint density at radius 2 is 1.88 bits per heavy atom. The fourth-order valence-corrected chi connectivity index (χ4v) is 6.52. The number of benzene rings is 1. The summed E-state index contributed by atoms with van der Waals surface area (Å²) in [6.07, 6.45) is -3.19. The normalized spacial score (nSPS) is 23.8. The van der Waals surface area contributed by atoms with Gasteiger partial charge in [-0.3, -0.25) is 15.1 Å². The highest BCUT2D eigenvalue weighted by Gasteiger charge is 2.49. The second kappa shape index (κ2) is 10.9. The number of hydrogen-bond acceptors (Lipinski definition) is 7. The minimum absolute atomic E-state index is 0.0586. The molecule has 228 valence electrons. The van der Waals surface area contributed by atoms with Gasteiger partial charge in [-0.05, 0) is 57.1 Å². The van der Waals surface area contributed by atoms with Crippen LogP contribution in [0.25, 0.3) is 0 Å². The number of amides is 1. The van der Waals surface area contributed by atoms with Crippen LogP contribution in [0.2, 0.25) is 0 Å². The second-order valence-electron chi connectivity index (χ2n) is 12.2. The number of rotatable bonds is 5. The number of fused-ring (bicyclic) bond motifs is 1. The number of anilines is 4. The average Bonchev–Trinajstić information content (AvgIpc) is 3.48. The molecular weight excluding hydrogens is 554 g/mol. The smallest absolute Gasteiger partial charge is 0.408 e. The Morgan fingerprint density at radius 1 is 1.19 bits per heavy atom. The first-order valence-corrected chi connectivity index (χ1v) is 14.2. The van der Waals surface area contributed by atoms with E-state index in [4.69, 9.17) is 10.1 Å². The van der Waals surface area contributed by atoms with Crippen LogP contribution in [0.5, 0.6) is 0 Å². The van der Waals surface area contributed by atoms with Gasteiger partial charge in [-0.1, -0.05) is 13.8 Å². The van der Waals surface area contributed by atoms with Gasteiger partial charge in [0.15, 0.2) is 12.4 Å². The molecule has 4 heterocycles. The summed E-state index contributed by atoms with van der Waals surface area (Å²) in [5.74, 6) is 0.733. The molecule has 0 spiro atoms. The highest BCUT2D eigenvalue weighted by atomic mass is 19.4.